The molecule has 1 rings (SSSR count). The third kappa shape index (κ3) is 4.47. The molecule has 0 saturated heterocycles. The van der Waals surface area contributed by atoms with E-state index in [-0.39, 0.29) is 0 Å². The summed E-state index contributed by atoms with van der Waals surface area (Å²) in [7, 11) is 1.82. The van der Waals surface area contributed by atoms with Crippen molar-refractivity contribution < 1.29 is 4.74 Å². The second-order valence-corrected chi connectivity index (χ2v) is 3.97. The molecular weight excluding hydrogens is 160 g/mol. The number of allylic oxidation sites excluding steroid dienone is 2. The van der Waals surface area contributed by atoms with E-state index in [2.05, 4.69) is 19.1 Å². The van der Waals surface area contributed by atoms with E-state index in [9.17, 15) is 0 Å². The van der Waals surface area contributed by atoms with Gasteiger partial charge in [-0.15, -0.1) is 0 Å². The largest absolute Gasteiger partial charge is 0.381 e. The van der Waals surface area contributed by atoms with Gasteiger partial charge in [0, 0.05) is 7.11 Å². The predicted octanol–water partition coefficient (Wildman–Crippen LogP) is 3.55. The zero-order valence-electron chi connectivity index (χ0n) is 8.96. The van der Waals surface area contributed by atoms with Gasteiger partial charge in [0.25, 0.3) is 0 Å². The zero-order chi connectivity index (χ0) is 9.52. The molecule has 0 spiro atoms. The minimum atomic E-state index is 0.570. The molecule has 1 fully saturated rings. The zero-order valence-corrected chi connectivity index (χ0v) is 8.96. The topological polar surface area (TPSA) is 9.23 Å². The summed E-state index contributed by atoms with van der Waals surface area (Å²) in [4.78, 5) is 0. The van der Waals surface area contributed by atoms with Crippen LogP contribution in [0.1, 0.15) is 45.4 Å². The van der Waals surface area contributed by atoms with Crippen LogP contribution in [0.25, 0.3) is 0 Å². The summed E-state index contributed by atoms with van der Waals surface area (Å²) in [5, 5.41) is 0. The molecule has 0 aromatic heterocycles. The van der Waals surface area contributed by atoms with Gasteiger partial charge in [-0.05, 0) is 31.6 Å². The minimum Gasteiger partial charge on any atom is -0.381 e. The fourth-order valence-electron chi connectivity index (χ4n) is 1.66. The Balaban J connectivity index is 1.88. The molecule has 76 valence electrons. The van der Waals surface area contributed by atoms with E-state index in [4.69, 9.17) is 4.74 Å². The Labute approximate surface area is 82.2 Å². The van der Waals surface area contributed by atoms with Gasteiger partial charge >= 0.3 is 0 Å². The lowest BCUT2D eigenvalue weighted by atomic mass is 10.2. The van der Waals surface area contributed by atoms with Crippen LogP contribution in [0.15, 0.2) is 12.2 Å². The Morgan fingerprint density at radius 2 is 2.15 bits per heavy atom. The monoisotopic (exact) mass is 182 g/mol. The number of methoxy groups -OCH3 is 1. The molecule has 2 atom stereocenters. The van der Waals surface area contributed by atoms with Gasteiger partial charge in [0.05, 0.1) is 6.10 Å². The van der Waals surface area contributed by atoms with Gasteiger partial charge in [0.15, 0.2) is 0 Å². The van der Waals surface area contributed by atoms with Crippen LogP contribution < -0.4 is 0 Å². The van der Waals surface area contributed by atoms with E-state index in [1.807, 2.05) is 7.11 Å². The SMILES string of the molecule is CCCCCC=CCC1CC1OC. The lowest BCUT2D eigenvalue weighted by Crippen LogP contribution is -1.89. The van der Waals surface area contributed by atoms with Crippen molar-refractivity contribution in [3.63, 3.8) is 0 Å². The highest BCUT2D eigenvalue weighted by Gasteiger charge is 2.35. The molecule has 1 heteroatoms. The van der Waals surface area contributed by atoms with Crippen molar-refractivity contribution in [3.05, 3.63) is 12.2 Å². The van der Waals surface area contributed by atoms with Gasteiger partial charge in [0.2, 0.25) is 0 Å². The Morgan fingerprint density at radius 1 is 1.31 bits per heavy atom. The van der Waals surface area contributed by atoms with Crippen LogP contribution in [-0.2, 0) is 4.74 Å². The van der Waals surface area contributed by atoms with Gasteiger partial charge < -0.3 is 4.74 Å². The molecule has 2 unspecified atom stereocenters. The van der Waals surface area contributed by atoms with Gasteiger partial charge in [0.1, 0.15) is 0 Å². The molecule has 0 aromatic carbocycles. The molecule has 13 heavy (non-hydrogen) atoms. The third-order valence-corrected chi connectivity index (χ3v) is 2.74. The van der Waals surface area contributed by atoms with E-state index in [1.165, 1.54) is 38.5 Å². The number of unbranched alkanes of at least 4 members (excludes halogenated alkanes) is 3. The maximum absolute atomic E-state index is 5.24. The molecule has 1 saturated carbocycles. The average molecular weight is 182 g/mol. The van der Waals surface area contributed by atoms with Crippen molar-refractivity contribution in [3.8, 4) is 0 Å². The lowest BCUT2D eigenvalue weighted by Gasteiger charge is -1.93. The normalized spacial score (nSPS) is 26.9. The molecule has 0 aromatic rings. The third-order valence-electron chi connectivity index (χ3n) is 2.74. The summed E-state index contributed by atoms with van der Waals surface area (Å²) in [5.41, 5.74) is 0. The van der Waals surface area contributed by atoms with E-state index < -0.39 is 0 Å². The van der Waals surface area contributed by atoms with Crippen LogP contribution in [-0.4, -0.2) is 13.2 Å². The smallest absolute Gasteiger partial charge is 0.0607 e. The van der Waals surface area contributed by atoms with Gasteiger partial charge in [-0.2, -0.15) is 0 Å². The van der Waals surface area contributed by atoms with Crippen molar-refractivity contribution >= 4 is 0 Å². The molecule has 1 aliphatic carbocycles. The molecule has 0 N–H and O–H groups in total. The number of hydrogen-bond donors (Lipinski definition) is 0. The summed E-state index contributed by atoms with van der Waals surface area (Å²) in [5.74, 6) is 0.826. The van der Waals surface area contributed by atoms with Crippen molar-refractivity contribution in [2.24, 2.45) is 5.92 Å². The predicted molar refractivity (Wildman–Crippen MR) is 56.8 cm³/mol. The fraction of sp³-hybridized carbons (Fsp3) is 0.833. The maximum atomic E-state index is 5.24. The van der Waals surface area contributed by atoms with Crippen molar-refractivity contribution in [1.82, 2.24) is 0 Å². The van der Waals surface area contributed by atoms with E-state index in [1.54, 1.807) is 0 Å². The van der Waals surface area contributed by atoms with Crippen LogP contribution in [0, 0.1) is 5.92 Å². The van der Waals surface area contributed by atoms with Crippen LogP contribution in [0.4, 0.5) is 0 Å². The van der Waals surface area contributed by atoms with Crippen LogP contribution >= 0.6 is 0 Å². The van der Waals surface area contributed by atoms with Crippen LogP contribution in [0.2, 0.25) is 0 Å². The molecule has 0 bridgehead atoms. The first kappa shape index (κ1) is 10.8. The van der Waals surface area contributed by atoms with Crippen molar-refractivity contribution in [1.29, 1.82) is 0 Å². The lowest BCUT2D eigenvalue weighted by molar-refractivity contribution is 0.169. The van der Waals surface area contributed by atoms with Gasteiger partial charge in [-0.25, -0.2) is 0 Å². The van der Waals surface area contributed by atoms with Gasteiger partial charge in [-0.3, -0.25) is 0 Å². The molecule has 1 nitrogen and oxygen atoms in total. The van der Waals surface area contributed by atoms with Crippen molar-refractivity contribution in [2.45, 2.75) is 51.6 Å². The standard InChI is InChI=1S/C12H22O/c1-3-4-5-6-7-8-9-11-10-12(11)13-2/h7-8,11-12H,3-6,9-10H2,1-2H3. The minimum absolute atomic E-state index is 0.570. The number of ether oxygens (including phenoxy) is 1. The van der Waals surface area contributed by atoms with Gasteiger partial charge in [-0.1, -0.05) is 31.9 Å². The molecular formula is C12H22O. The van der Waals surface area contributed by atoms with Crippen LogP contribution in [0.3, 0.4) is 0 Å². The number of rotatable bonds is 7. The van der Waals surface area contributed by atoms with E-state index >= 15 is 0 Å². The summed E-state index contributed by atoms with van der Waals surface area (Å²) >= 11 is 0. The summed E-state index contributed by atoms with van der Waals surface area (Å²) < 4.78 is 5.24. The first-order valence-corrected chi connectivity index (χ1v) is 5.56. The highest BCUT2D eigenvalue weighted by Crippen LogP contribution is 2.36. The molecule has 0 heterocycles. The average Bonchev–Trinajstić information content (AvgIpc) is 2.90. The fourth-order valence-corrected chi connectivity index (χ4v) is 1.66. The molecule has 1 aliphatic rings. The molecule has 0 amide bonds. The quantitative estimate of drug-likeness (QED) is 0.432. The summed E-state index contributed by atoms with van der Waals surface area (Å²) in [6.07, 6.45) is 13.0. The first-order chi connectivity index (χ1) is 6.38. The number of hydrogen-bond acceptors (Lipinski definition) is 1. The Kier molecular flexibility index (Phi) is 5.14. The highest BCUT2D eigenvalue weighted by molar-refractivity contribution is 4.94. The van der Waals surface area contributed by atoms with Crippen LogP contribution in [0.5, 0.6) is 0 Å². The Hall–Kier alpha value is -0.300. The second-order valence-electron chi connectivity index (χ2n) is 3.97. The van der Waals surface area contributed by atoms with Crippen molar-refractivity contribution in [2.75, 3.05) is 7.11 Å². The second kappa shape index (κ2) is 6.20. The summed E-state index contributed by atoms with van der Waals surface area (Å²) in [6.45, 7) is 2.25. The maximum Gasteiger partial charge on any atom is 0.0607 e. The Morgan fingerprint density at radius 3 is 2.77 bits per heavy atom. The van der Waals surface area contributed by atoms with E-state index in [0.717, 1.165) is 5.92 Å². The highest BCUT2D eigenvalue weighted by atomic mass is 16.5. The molecule has 0 radical (unpaired) electrons. The molecule has 0 aliphatic heterocycles. The Bertz CT molecular complexity index is 151. The first-order valence-electron chi connectivity index (χ1n) is 5.56. The summed E-state index contributed by atoms with van der Waals surface area (Å²) in [6, 6.07) is 0. The van der Waals surface area contributed by atoms with E-state index in [0.29, 0.717) is 6.10 Å².